The summed E-state index contributed by atoms with van der Waals surface area (Å²) in [4.78, 5) is 16.9. The van der Waals surface area contributed by atoms with Gasteiger partial charge >= 0.3 is 0 Å². The molecule has 0 aliphatic rings. The van der Waals surface area contributed by atoms with Gasteiger partial charge in [0, 0.05) is 25.0 Å². The topological polar surface area (TPSA) is 70.7 Å². The third-order valence-corrected chi connectivity index (χ3v) is 3.85. The predicted octanol–water partition coefficient (Wildman–Crippen LogP) is 2.95. The van der Waals surface area contributed by atoms with Crippen molar-refractivity contribution < 1.29 is 9.18 Å². The van der Waals surface area contributed by atoms with Crippen LogP contribution in [0.5, 0.6) is 0 Å². The van der Waals surface area contributed by atoms with Gasteiger partial charge in [0.05, 0.1) is 11.6 Å². The van der Waals surface area contributed by atoms with E-state index in [4.69, 9.17) is 5.26 Å². The van der Waals surface area contributed by atoms with E-state index in [2.05, 4.69) is 10.3 Å². The minimum atomic E-state index is -0.543. The number of hydrogen-bond acceptors (Lipinski definition) is 3. The van der Waals surface area contributed by atoms with Crippen LogP contribution in [0.4, 0.5) is 4.39 Å². The SMILES string of the molecule is Cn1ccnc1C(NC(=O)c1cccc(C#N)c1)c1ccc(F)cc1. The Labute approximate surface area is 144 Å². The summed E-state index contributed by atoms with van der Waals surface area (Å²) >= 11 is 0. The Bertz CT molecular complexity index is 941. The molecule has 0 aliphatic heterocycles. The van der Waals surface area contributed by atoms with Crippen LogP contribution in [0.2, 0.25) is 0 Å². The second-order valence-electron chi connectivity index (χ2n) is 5.55. The summed E-state index contributed by atoms with van der Waals surface area (Å²) in [7, 11) is 1.82. The van der Waals surface area contributed by atoms with Crippen LogP contribution in [0.3, 0.4) is 0 Å². The van der Waals surface area contributed by atoms with Gasteiger partial charge in [-0.2, -0.15) is 5.26 Å². The number of carbonyl (C=O) groups excluding carboxylic acids is 1. The Morgan fingerprint density at radius 1 is 1.28 bits per heavy atom. The van der Waals surface area contributed by atoms with Crippen molar-refractivity contribution >= 4 is 5.91 Å². The van der Waals surface area contributed by atoms with E-state index in [0.717, 1.165) is 0 Å². The van der Waals surface area contributed by atoms with Crippen molar-refractivity contribution in [2.75, 3.05) is 0 Å². The summed E-state index contributed by atoms with van der Waals surface area (Å²) in [5, 5.41) is 11.9. The fourth-order valence-corrected chi connectivity index (χ4v) is 2.55. The van der Waals surface area contributed by atoms with Crippen molar-refractivity contribution in [2.24, 2.45) is 7.05 Å². The number of rotatable bonds is 4. The molecule has 0 aliphatic carbocycles. The van der Waals surface area contributed by atoms with E-state index < -0.39 is 6.04 Å². The fourth-order valence-electron chi connectivity index (χ4n) is 2.55. The second-order valence-corrected chi connectivity index (χ2v) is 5.55. The number of nitrogens with one attached hydrogen (secondary N) is 1. The van der Waals surface area contributed by atoms with E-state index in [1.54, 1.807) is 47.3 Å². The zero-order chi connectivity index (χ0) is 17.8. The van der Waals surface area contributed by atoms with Gasteiger partial charge in [0.15, 0.2) is 0 Å². The van der Waals surface area contributed by atoms with E-state index in [-0.39, 0.29) is 11.7 Å². The molecule has 1 atom stereocenters. The van der Waals surface area contributed by atoms with Gasteiger partial charge in [-0.15, -0.1) is 0 Å². The molecule has 0 radical (unpaired) electrons. The first-order valence-corrected chi connectivity index (χ1v) is 7.62. The van der Waals surface area contributed by atoms with Crippen LogP contribution in [0, 0.1) is 17.1 Å². The number of benzene rings is 2. The molecule has 124 valence electrons. The lowest BCUT2D eigenvalue weighted by Gasteiger charge is -2.19. The summed E-state index contributed by atoms with van der Waals surface area (Å²) in [5.74, 6) is -0.0683. The van der Waals surface area contributed by atoms with Crippen LogP contribution >= 0.6 is 0 Å². The average molecular weight is 334 g/mol. The van der Waals surface area contributed by atoms with Crippen molar-refractivity contribution in [3.05, 3.63) is 89.3 Å². The second kappa shape index (κ2) is 6.97. The third kappa shape index (κ3) is 3.56. The molecule has 1 unspecified atom stereocenters. The maximum atomic E-state index is 13.2. The van der Waals surface area contributed by atoms with Crippen LogP contribution in [-0.2, 0) is 7.05 Å². The maximum absolute atomic E-state index is 13.2. The highest BCUT2D eigenvalue weighted by Crippen LogP contribution is 2.21. The molecule has 3 rings (SSSR count). The Morgan fingerprint density at radius 2 is 2.04 bits per heavy atom. The smallest absolute Gasteiger partial charge is 0.252 e. The Hall–Kier alpha value is -3.46. The highest BCUT2D eigenvalue weighted by molar-refractivity contribution is 5.95. The number of nitrogens with zero attached hydrogens (tertiary/aromatic N) is 3. The lowest BCUT2D eigenvalue weighted by Crippen LogP contribution is -2.31. The number of amides is 1. The van der Waals surface area contributed by atoms with Crippen molar-refractivity contribution in [1.29, 1.82) is 5.26 Å². The molecule has 1 aromatic heterocycles. The lowest BCUT2D eigenvalue weighted by molar-refractivity contribution is 0.0941. The first-order chi connectivity index (χ1) is 12.1. The molecule has 25 heavy (non-hydrogen) atoms. The summed E-state index contributed by atoms with van der Waals surface area (Å²) in [6.45, 7) is 0. The van der Waals surface area contributed by atoms with Crippen LogP contribution in [0.25, 0.3) is 0 Å². The number of imidazole rings is 1. The van der Waals surface area contributed by atoms with Crippen LogP contribution in [0.15, 0.2) is 60.9 Å². The molecule has 6 heteroatoms. The molecule has 2 aromatic carbocycles. The zero-order valence-corrected chi connectivity index (χ0v) is 13.5. The van der Waals surface area contributed by atoms with E-state index in [0.29, 0.717) is 22.5 Å². The van der Waals surface area contributed by atoms with Crippen molar-refractivity contribution in [1.82, 2.24) is 14.9 Å². The standard InChI is InChI=1S/C19H15FN4O/c1-24-10-9-22-18(24)17(14-5-7-16(20)8-6-14)23-19(25)15-4-2-3-13(11-15)12-21/h2-11,17H,1H3,(H,23,25). The monoisotopic (exact) mass is 334 g/mol. The van der Waals surface area contributed by atoms with E-state index in [1.165, 1.54) is 18.2 Å². The molecule has 0 saturated carbocycles. The normalized spacial score (nSPS) is 11.6. The molecule has 5 nitrogen and oxygen atoms in total. The summed E-state index contributed by atoms with van der Waals surface area (Å²) in [5.41, 5.74) is 1.49. The van der Waals surface area contributed by atoms with Crippen molar-refractivity contribution in [3.8, 4) is 6.07 Å². The number of aromatic nitrogens is 2. The number of nitriles is 1. The number of aryl methyl sites for hydroxylation is 1. The van der Waals surface area contributed by atoms with Gasteiger partial charge in [0.25, 0.3) is 5.91 Å². The first-order valence-electron chi connectivity index (χ1n) is 7.62. The zero-order valence-electron chi connectivity index (χ0n) is 13.5. The molecule has 0 bridgehead atoms. The quantitative estimate of drug-likeness (QED) is 0.797. The molecular weight excluding hydrogens is 319 g/mol. The molecule has 1 N–H and O–H groups in total. The number of hydrogen-bond donors (Lipinski definition) is 1. The van der Waals surface area contributed by atoms with Gasteiger partial charge in [-0.1, -0.05) is 18.2 Å². The Balaban J connectivity index is 1.95. The first kappa shape index (κ1) is 16.4. The Kier molecular flexibility index (Phi) is 4.57. The molecule has 0 fully saturated rings. The highest BCUT2D eigenvalue weighted by atomic mass is 19.1. The van der Waals surface area contributed by atoms with Gasteiger partial charge in [0.1, 0.15) is 17.7 Å². The van der Waals surface area contributed by atoms with E-state index in [1.807, 2.05) is 13.1 Å². The van der Waals surface area contributed by atoms with Crippen LogP contribution in [0.1, 0.15) is 33.4 Å². The molecule has 1 heterocycles. The van der Waals surface area contributed by atoms with Gasteiger partial charge in [-0.05, 0) is 35.9 Å². The van der Waals surface area contributed by atoms with Gasteiger partial charge in [0.2, 0.25) is 0 Å². The molecular formula is C19H15FN4O. The summed E-state index contributed by atoms with van der Waals surface area (Å²) < 4.78 is 15.0. The third-order valence-electron chi connectivity index (χ3n) is 3.85. The molecule has 0 saturated heterocycles. The van der Waals surface area contributed by atoms with Gasteiger partial charge < -0.3 is 9.88 Å². The summed E-state index contributed by atoms with van der Waals surface area (Å²) in [6.07, 6.45) is 3.41. The molecule has 0 spiro atoms. The maximum Gasteiger partial charge on any atom is 0.252 e. The lowest BCUT2D eigenvalue weighted by atomic mass is 10.0. The van der Waals surface area contributed by atoms with Crippen LogP contribution < -0.4 is 5.32 Å². The predicted molar refractivity (Wildman–Crippen MR) is 90.1 cm³/mol. The minimum Gasteiger partial charge on any atom is -0.338 e. The number of halogens is 1. The molecule has 3 aromatic rings. The van der Waals surface area contributed by atoms with Crippen molar-refractivity contribution in [3.63, 3.8) is 0 Å². The minimum absolute atomic E-state index is 0.338. The largest absolute Gasteiger partial charge is 0.338 e. The summed E-state index contributed by atoms with van der Waals surface area (Å²) in [6, 6.07) is 13.8. The van der Waals surface area contributed by atoms with Crippen molar-refractivity contribution in [2.45, 2.75) is 6.04 Å². The average Bonchev–Trinajstić information content (AvgIpc) is 3.06. The van der Waals surface area contributed by atoms with E-state index >= 15 is 0 Å². The highest BCUT2D eigenvalue weighted by Gasteiger charge is 2.21. The van der Waals surface area contributed by atoms with Gasteiger partial charge in [-0.25, -0.2) is 9.37 Å². The molecule has 1 amide bonds. The van der Waals surface area contributed by atoms with E-state index in [9.17, 15) is 9.18 Å². The fraction of sp³-hybridized carbons (Fsp3) is 0.105. The number of carbonyl (C=O) groups is 1. The van der Waals surface area contributed by atoms with Crippen LogP contribution in [-0.4, -0.2) is 15.5 Å². The Morgan fingerprint density at radius 3 is 2.68 bits per heavy atom. The van der Waals surface area contributed by atoms with Gasteiger partial charge in [-0.3, -0.25) is 4.79 Å².